The lowest BCUT2D eigenvalue weighted by Gasteiger charge is -2.39. The van der Waals surface area contributed by atoms with Gasteiger partial charge in [0.05, 0.1) is 5.69 Å². The normalized spacial score (nSPS) is 13.4. The van der Waals surface area contributed by atoms with E-state index in [1.165, 1.54) is 18.7 Å². The Morgan fingerprint density at radius 2 is 1.47 bits per heavy atom. The first-order valence-corrected chi connectivity index (χ1v) is 10.9. The SMILES string of the molecule is CC(=O)Nc1c(-c2ccccc2)cccc1[C@@](NC(C)C(=O)O)(C(=O)N(C)C)c1ccccc1. The molecular formula is C27H29N3O4. The second-order valence-corrected chi connectivity index (χ2v) is 8.30. The predicted octanol–water partition coefficient (Wildman–Crippen LogP) is 3.71. The van der Waals surface area contributed by atoms with E-state index in [1.807, 2.05) is 42.5 Å². The maximum atomic E-state index is 14.0. The average Bonchev–Trinajstić information content (AvgIpc) is 2.83. The van der Waals surface area contributed by atoms with Gasteiger partial charge < -0.3 is 15.3 Å². The molecule has 2 amide bonds. The highest BCUT2D eigenvalue weighted by Crippen LogP contribution is 2.41. The minimum absolute atomic E-state index is 0.310. The van der Waals surface area contributed by atoms with Crippen LogP contribution in [0.15, 0.2) is 78.9 Å². The first-order valence-electron chi connectivity index (χ1n) is 10.9. The van der Waals surface area contributed by atoms with Gasteiger partial charge in [0.1, 0.15) is 6.04 Å². The third kappa shape index (κ3) is 4.84. The molecule has 2 atom stereocenters. The summed E-state index contributed by atoms with van der Waals surface area (Å²) in [5.74, 6) is -1.79. The van der Waals surface area contributed by atoms with E-state index in [4.69, 9.17) is 0 Å². The van der Waals surface area contributed by atoms with Crippen molar-refractivity contribution < 1.29 is 19.5 Å². The van der Waals surface area contributed by atoms with Crippen LogP contribution in [0.4, 0.5) is 5.69 Å². The van der Waals surface area contributed by atoms with E-state index < -0.39 is 17.6 Å². The van der Waals surface area contributed by atoms with Crippen LogP contribution in [0.25, 0.3) is 11.1 Å². The maximum absolute atomic E-state index is 14.0. The standard InChI is InChI=1S/C27H29N3O4/c1-18(25(32)33)29-27(26(34)30(3)4,21-14-9-6-10-15-21)23-17-11-16-22(24(23)28-19(2)31)20-12-7-5-8-13-20/h5-18,29H,1-4H3,(H,28,31)(H,32,33)/t18?,27-/m1/s1. The van der Waals surface area contributed by atoms with Crippen LogP contribution in [0.1, 0.15) is 25.0 Å². The van der Waals surface area contributed by atoms with Crippen molar-refractivity contribution in [3.63, 3.8) is 0 Å². The van der Waals surface area contributed by atoms with E-state index in [-0.39, 0.29) is 11.8 Å². The molecule has 0 spiro atoms. The molecule has 3 N–H and O–H groups in total. The lowest BCUT2D eigenvalue weighted by Crippen LogP contribution is -2.59. The predicted molar refractivity (Wildman–Crippen MR) is 132 cm³/mol. The van der Waals surface area contributed by atoms with E-state index in [2.05, 4.69) is 10.6 Å². The molecule has 0 saturated carbocycles. The van der Waals surface area contributed by atoms with Crippen LogP contribution in [0.2, 0.25) is 0 Å². The molecule has 0 aliphatic carbocycles. The van der Waals surface area contributed by atoms with Gasteiger partial charge in [-0.25, -0.2) is 0 Å². The number of carbonyl (C=O) groups excluding carboxylic acids is 2. The maximum Gasteiger partial charge on any atom is 0.320 e. The molecule has 3 rings (SSSR count). The van der Waals surface area contributed by atoms with Crippen LogP contribution < -0.4 is 10.6 Å². The molecule has 34 heavy (non-hydrogen) atoms. The Hall–Kier alpha value is -3.97. The molecule has 0 fully saturated rings. The van der Waals surface area contributed by atoms with Crippen molar-refractivity contribution in [3.8, 4) is 11.1 Å². The number of hydrogen-bond acceptors (Lipinski definition) is 4. The molecule has 0 saturated heterocycles. The first kappa shape index (κ1) is 24.7. The van der Waals surface area contributed by atoms with E-state index in [0.29, 0.717) is 22.4 Å². The molecule has 3 aromatic carbocycles. The van der Waals surface area contributed by atoms with Gasteiger partial charge in [-0.15, -0.1) is 0 Å². The second kappa shape index (κ2) is 10.3. The summed E-state index contributed by atoms with van der Waals surface area (Å²) in [6.07, 6.45) is 0. The monoisotopic (exact) mass is 459 g/mol. The van der Waals surface area contributed by atoms with Gasteiger partial charge in [0, 0.05) is 32.1 Å². The number of nitrogens with one attached hydrogen (secondary N) is 2. The number of carboxylic acids is 1. The van der Waals surface area contributed by atoms with Gasteiger partial charge in [0.15, 0.2) is 5.54 Å². The number of para-hydroxylation sites is 1. The Morgan fingerprint density at radius 3 is 2.00 bits per heavy atom. The van der Waals surface area contributed by atoms with Crippen molar-refractivity contribution in [1.29, 1.82) is 0 Å². The average molecular weight is 460 g/mol. The largest absolute Gasteiger partial charge is 0.480 e. The summed E-state index contributed by atoms with van der Waals surface area (Å²) >= 11 is 0. The fourth-order valence-electron chi connectivity index (χ4n) is 4.06. The number of rotatable bonds is 8. The van der Waals surface area contributed by atoms with E-state index >= 15 is 0 Å². The number of carboxylic acid groups (broad SMARTS) is 1. The fraction of sp³-hybridized carbons (Fsp3) is 0.222. The summed E-state index contributed by atoms with van der Waals surface area (Å²) in [5, 5.41) is 15.8. The van der Waals surface area contributed by atoms with Crippen LogP contribution in [-0.2, 0) is 19.9 Å². The molecule has 0 radical (unpaired) electrons. The van der Waals surface area contributed by atoms with Gasteiger partial charge in [-0.2, -0.15) is 0 Å². The highest BCUT2D eigenvalue weighted by atomic mass is 16.4. The van der Waals surface area contributed by atoms with E-state index in [9.17, 15) is 19.5 Å². The molecule has 7 nitrogen and oxygen atoms in total. The van der Waals surface area contributed by atoms with Crippen molar-refractivity contribution in [2.24, 2.45) is 0 Å². The van der Waals surface area contributed by atoms with Crippen LogP contribution in [0.5, 0.6) is 0 Å². The molecule has 7 heteroatoms. The Morgan fingerprint density at radius 1 is 0.882 bits per heavy atom. The molecule has 176 valence electrons. The highest BCUT2D eigenvalue weighted by molar-refractivity contribution is 6.00. The second-order valence-electron chi connectivity index (χ2n) is 8.30. The van der Waals surface area contributed by atoms with Gasteiger partial charge in [-0.1, -0.05) is 78.9 Å². The topological polar surface area (TPSA) is 98.7 Å². The number of nitrogens with zero attached hydrogens (tertiary/aromatic N) is 1. The minimum Gasteiger partial charge on any atom is -0.480 e. The number of carbonyl (C=O) groups is 3. The van der Waals surface area contributed by atoms with Crippen molar-refractivity contribution in [2.45, 2.75) is 25.4 Å². The van der Waals surface area contributed by atoms with Gasteiger partial charge in [0.25, 0.3) is 5.91 Å². The minimum atomic E-state index is -1.59. The number of hydrogen-bond donors (Lipinski definition) is 3. The number of benzene rings is 3. The van der Waals surface area contributed by atoms with Crippen molar-refractivity contribution in [1.82, 2.24) is 10.2 Å². The Balaban J connectivity index is 2.45. The van der Waals surface area contributed by atoms with Gasteiger partial charge >= 0.3 is 5.97 Å². The van der Waals surface area contributed by atoms with Crippen molar-refractivity contribution in [2.75, 3.05) is 19.4 Å². The summed E-state index contributed by atoms with van der Waals surface area (Å²) in [5.41, 5.74) is 1.40. The van der Waals surface area contributed by atoms with Gasteiger partial charge in [-0.3, -0.25) is 19.7 Å². The highest BCUT2D eigenvalue weighted by Gasteiger charge is 2.47. The molecule has 0 heterocycles. The number of anilines is 1. The Bertz CT molecular complexity index is 1180. The molecule has 3 aromatic rings. The number of aliphatic carboxylic acids is 1. The molecule has 0 aromatic heterocycles. The molecule has 0 aliphatic heterocycles. The zero-order valence-electron chi connectivity index (χ0n) is 19.7. The number of amides is 2. The van der Waals surface area contributed by atoms with Crippen molar-refractivity contribution >= 4 is 23.5 Å². The third-order valence-corrected chi connectivity index (χ3v) is 5.59. The van der Waals surface area contributed by atoms with Gasteiger partial charge in [-0.05, 0) is 18.1 Å². The van der Waals surface area contributed by atoms with E-state index in [1.54, 1.807) is 50.5 Å². The Labute approximate surface area is 199 Å². The lowest BCUT2D eigenvalue weighted by molar-refractivity contribution is -0.141. The fourth-order valence-corrected chi connectivity index (χ4v) is 4.06. The molecule has 0 aliphatic rings. The Kier molecular flexibility index (Phi) is 7.48. The van der Waals surface area contributed by atoms with Crippen LogP contribution in [0, 0.1) is 0 Å². The molecule has 1 unspecified atom stereocenters. The first-order chi connectivity index (χ1) is 16.2. The van der Waals surface area contributed by atoms with Crippen LogP contribution >= 0.6 is 0 Å². The molecule has 0 bridgehead atoms. The zero-order chi connectivity index (χ0) is 24.9. The van der Waals surface area contributed by atoms with Crippen molar-refractivity contribution in [3.05, 3.63) is 90.0 Å². The summed E-state index contributed by atoms with van der Waals surface area (Å²) in [6, 6.07) is 22.8. The van der Waals surface area contributed by atoms with E-state index in [0.717, 1.165) is 5.56 Å². The lowest BCUT2D eigenvalue weighted by atomic mass is 9.78. The third-order valence-electron chi connectivity index (χ3n) is 5.59. The summed E-state index contributed by atoms with van der Waals surface area (Å²) in [6.45, 7) is 2.89. The van der Waals surface area contributed by atoms with Crippen LogP contribution in [-0.4, -0.2) is 47.9 Å². The zero-order valence-corrected chi connectivity index (χ0v) is 19.7. The van der Waals surface area contributed by atoms with Gasteiger partial charge in [0.2, 0.25) is 5.91 Å². The smallest absolute Gasteiger partial charge is 0.320 e. The molecular weight excluding hydrogens is 430 g/mol. The quantitative estimate of drug-likeness (QED) is 0.477. The summed E-state index contributed by atoms with van der Waals surface area (Å²) in [4.78, 5) is 39.6. The number of likely N-dealkylation sites (N-methyl/N-ethyl adjacent to an activating group) is 1. The van der Waals surface area contributed by atoms with Crippen LogP contribution in [0.3, 0.4) is 0 Å². The summed E-state index contributed by atoms with van der Waals surface area (Å²) < 4.78 is 0. The summed E-state index contributed by atoms with van der Waals surface area (Å²) in [7, 11) is 3.23.